The van der Waals surface area contributed by atoms with Crippen LogP contribution < -0.4 is 9.47 Å². The van der Waals surface area contributed by atoms with Crippen molar-refractivity contribution in [2.45, 2.75) is 11.6 Å². The quantitative estimate of drug-likeness (QED) is 0.300. The molecule has 0 spiro atoms. The lowest BCUT2D eigenvalue weighted by Crippen LogP contribution is -2.08. The maximum atomic E-state index is 10.7. The van der Waals surface area contributed by atoms with E-state index in [1.54, 1.807) is 19.2 Å². The maximum Gasteiger partial charge on any atom is 0.264 e. The standard InChI is InChI=1S/C20H21NO6S2/c1-25-16-8-4-14(5-9-16)18-19(27-20(21-18)28-2)15-6-10-17(11-7-15)26-12-3-13-29(22,23)24/h4-11H,3,12-13H2,1-2H3,(H,22,23,24). The van der Waals surface area contributed by atoms with Gasteiger partial charge in [0.25, 0.3) is 15.3 Å². The van der Waals surface area contributed by atoms with Crippen LogP contribution in [0.15, 0.2) is 58.2 Å². The molecular weight excluding hydrogens is 414 g/mol. The number of rotatable bonds is 9. The Morgan fingerprint density at radius 3 is 2.24 bits per heavy atom. The van der Waals surface area contributed by atoms with Gasteiger partial charge in [0.05, 0.1) is 19.5 Å². The molecule has 0 saturated heterocycles. The van der Waals surface area contributed by atoms with Crippen molar-refractivity contribution < 1.29 is 26.9 Å². The van der Waals surface area contributed by atoms with E-state index in [1.807, 2.05) is 42.7 Å². The van der Waals surface area contributed by atoms with Crippen molar-refractivity contribution in [3.05, 3.63) is 48.5 Å². The van der Waals surface area contributed by atoms with Gasteiger partial charge in [-0.15, -0.1) is 0 Å². The van der Waals surface area contributed by atoms with Crippen LogP contribution in [0.25, 0.3) is 22.6 Å². The van der Waals surface area contributed by atoms with E-state index < -0.39 is 10.1 Å². The SMILES string of the molecule is COc1ccc(-c2nc(SC)oc2-c2ccc(OCCCS(=O)(=O)O)cc2)cc1. The molecule has 1 N–H and O–H groups in total. The molecule has 1 aromatic heterocycles. The summed E-state index contributed by atoms with van der Waals surface area (Å²) in [6.07, 6.45) is 2.11. The molecule has 29 heavy (non-hydrogen) atoms. The minimum Gasteiger partial charge on any atom is -0.497 e. The molecule has 2 aromatic carbocycles. The van der Waals surface area contributed by atoms with Crippen LogP contribution in [0.2, 0.25) is 0 Å². The fourth-order valence-electron chi connectivity index (χ4n) is 2.66. The van der Waals surface area contributed by atoms with Crippen LogP contribution in [0.5, 0.6) is 11.5 Å². The third-order valence-electron chi connectivity index (χ3n) is 4.08. The van der Waals surface area contributed by atoms with E-state index in [0.29, 0.717) is 16.7 Å². The summed E-state index contributed by atoms with van der Waals surface area (Å²) in [5.74, 6) is 1.68. The summed E-state index contributed by atoms with van der Waals surface area (Å²) in [5.41, 5.74) is 2.49. The second kappa shape index (κ2) is 9.34. The summed E-state index contributed by atoms with van der Waals surface area (Å²) in [6, 6.07) is 14.9. The number of benzene rings is 2. The highest BCUT2D eigenvalue weighted by Crippen LogP contribution is 2.36. The number of hydrogen-bond donors (Lipinski definition) is 1. The zero-order valence-corrected chi connectivity index (χ0v) is 17.6. The van der Waals surface area contributed by atoms with E-state index in [4.69, 9.17) is 18.4 Å². The molecule has 0 aliphatic heterocycles. The van der Waals surface area contributed by atoms with Crippen molar-refractivity contribution in [2.75, 3.05) is 25.7 Å². The summed E-state index contributed by atoms with van der Waals surface area (Å²) in [7, 11) is -2.35. The molecule has 9 heteroatoms. The highest BCUT2D eigenvalue weighted by molar-refractivity contribution is 7.98. The van der Waals surface area contributed by atoms with Crippen LogP contribution in [-0.4, -0.2) is 43.7 Å². The van der Waals surface area contributed by atoms with E-state index in [2.05, 4.69) is 4.98 Å². The van der Waals surface area contributed by atoms with Crippen LogP contribution >= 0.6 is 11.8 Å². The van der Waals surface area contributed by atoms with Gasteiger partial charge in [0, 0.05) is 11.1 Å². The van der Waals surface area contributed by atoms with E-state index >= 15 is 0 Å². The molecular formula is C20H21NO6S2. The highest BCUT2D eigenvalue weighted by Gasteiger charge is 2.17. The number of hydrogen-bond acceptors (Lipinski definition) is 7. The molecule has 0 unspecified atom stereocenters. The predicted octanol–water partition coefficient (Wildman–Crippen LogP) is 4.40. The monoisotopic (exact) mass is 435 g/mol. The minimum atomic E-state index is -3.97. The molecule has 3 rings (SSSR count). The van der Waals surface area contributed by atoms with Crippen LogP contribution in [0.1, 0.15) is 6.42 Å². The first-order chi connectivity index (χ1) is 13.9. The van der Waals surface area contributed by atoms with Gasteiger partial charge in [-0.1, -0.05) is 11.8 Å². The molecule has 0 aliphatic rings. The number of methoxy groups -OCH3 is 1. The van der Waals surface area contributed by atoms with Crippen molar-refractivity contribution in [3.8, 4) is 34.1 Å². The van der Waals surface area contributed by atoms with E-state index in [0.717, 1.165) is 22.6 Å². The number of oxazole rings is 1. The Bertz CT molecular complexity index is 1040. The Kier molecular flexibility index (Phi) is 6.83. The van der Waals surface area contributed by atoms with Crippen LogP contribution in [0, 0.1) is 0 Å². The number of nitrogens with zero attached hydrogens (tertiary/aromatic N) is 1. The van der Waals surface area contributed by atoms with E-state index in [9.17, 15) is 8.42 Å². The van der Waals surface area contributed by atoms with Crippen molar-refractivity contribution in [1.82, 2.24) is 4.98 Å². The first kappa shape index (κ1) is 21.2. The summed E-state index contributed by atoms with van der Waals surface area (Å²) in [6.45, 7) is 0.190. The van der Waals surface area contributed by atoms with Crippen LogP contribution in [-0.2, 0) is 10.1 Å². The van der Waals surface area contributed by atoms with Crippen LogP contribution in [0.3, 0.4) is 0 Å². The second-order valence-electron chi connectivity index (χ2n) is 6.10. The molecule has 0 radical (unpaired) electrons. The van der Waals surface area contributed by atoms with Gasteiger partial charge in [-0.05, 0) is 61.2 Å². The molecule has 0 atom stereocenters. The summed E-state index contributed by atoms with van der Waals surface area (Å²) < 4.78 is 46.9. The molecule has 0 aliphatic carbocycles. The Hall–Kier alpha value is -2.49. The van der Waals surface area contributed by atoms with Gasteiger partial charge < -0.3 is 13.9 Å². The highest BCUT2D eigenvalue weighted by atomic mass is 32.2. The lowest BCUT2D eigenvalue weighted by molar-refractivity contribution is 0.316. The Labute approximate surface area is 173 Å². The van der Waals surface area contributed by atoms with Crippen molar-refractivity contribution >= 4 is 21.9 Å². The third kappa shape index (κ3) is 5.75. The largest absolute Gasteiger partial charge is 0.497 e. The summed E-state index contributed by atoms with van der Waals surface area (Å²) in [5, 5.41) is 0.566. The Balaban J connectivity index is 1.78. The van der Waals surface area contributed by atoms with Gasteiger partial charge in [0.2, 0.25) is 0 Å². The minimum absolute atomic E-state index is 0.190. The van der Waals surface area contributed by atoms with Crippen molar-refractivity contribution in [1.29, 1.82) is 0 Å². The second-order valence-corrected chi connectivity index (χ2v) is 8.43. The van der Waals surface area contributed by atoms with Gasteiger partial charge >= 0.3 is 0 Å². The van der Waals surface area contributed by atoms with Crippen molar-refractivity contribution in [3.63, 3.8) is 0 Å². The zero-order chi connectivity index (χ0) is 20.9. The molecule has 7 nitrogen and oxygen atoms in total. The first-order valence-corrected chi connectivity index (χ1v) is 11.6. The fraction of sp³-hybridized carbons (Fsp3) is 0.250. The lowest BCUT2D eigenvalue weighted by Gasteiger charge is -2.07. The Morgan fingerprint density at radius 1 is 1.03 bits per heavy atom. The zero-order valence-electron chi connectivity index (χ0n) is 16.0. The van der Waals surface area contributed by atoms with E-state index in [-0.39, 0.29) is 18.8 Å². The lowest BCUT2D eigenvalue weighted by atomic mass is 10.1. The topological polar surface area (TPSA) is 98.9 Å². The average molecular weight is 436 g/mol. The number of aromatic nitrogens is 1. The molecule has 3 aromatic rings. The molecule has 0 fully saturated rings. The van der Waals surface area contributed by atoms with Gasteiger partial charge in [0.15, 0.2) is 5.76 Å². The van der Waals surface area contributed by atoms with E-state index in [1.165, 1.54) is 11.8 Å². The molecule has 0 bridgehead atoms. The molecule has 154 valence electrons. The fourth-order valence-corrected chi connectivity index (χ4v) is 3.49. The van der Waals surface area contributed by atoms with Gasteiger partial charge in [-0.2, -0.15) is 8.42 Å². The molecule has 0 saturated carbocycles. The maximum absolute atomic E-state index is 10.7. The Morgan fingerprint density at radius 2 is 1.66 bits per heavy atom. The number of thioether (sulfide) groups is 1. The van der Waals surface area contributed by atoms with Crippen LogP contribution in [0.4, 0.5) is 0 Å². The summed E-state index contributed by atoms with van der Waals surface area (Å²) in [4.78, 5) is 4.58. The average Bonchev–Trinajstić information content (AvgIpc) is 3.15. The smallest absolute Gasteiger partial charge is 0.264 e. The number of ether oxygens (including phenoxy) is 2. The van der Waals surface area contributed by atoms with Crippen molar-refractivity contribution in [2.24, 2.45) is 0 Å². The third-order valence-corrected chi connectivity index (χ3v) is 5.41. The predicted molar refractivity (Wildman–Crippen MR) is 112 cm³/mol. The summed E-state index contributed by atoms with van der Waals surface area (Å²) >= 11 is 1.42. The van der Waals surface area contributed by atoms with Gasteiger partial charge in [0.1, 0.15) is 17.2 Å². The molecule has 0 amide bonds. The molecule has 1 heterocycles. The van der Waals surface area contributed by atoms with Gasteiger partial charge in [-0.25, -0.2) is 4.98 Å². The first-order valence-electron chi connectivity index (χ1n) is 8.77. The normalized spacial score (nSPS) is 11.4. The van der Waals surface area contributed by atoms with Gasteiger partial charge in [-0.3, -0.25) is 4.55 Å².